The van der Waals surface area contributed by atoms with Crippen LogP contribution in [0.1, 0.15) is 18.6 Å². The van der Waals surface area contributed by atoms with Crippen LogP contribution in [0.4, 0.5) is 0 Å². The molecule has 1 aliphatic rings. The Morgan fingerprint density at radius 2 is 2.32 bits per heavy atom. The number of methoxy groups -OCH3 is 1. The fraction of sp³-hybridized carbons (Fsp3) is 0.417. The highest BCUT2D eigenvalue weighted by atomic mass is 79.9. The van der Waals surface area contributed by atoms with E-state index in [0.29, 0.717) is 21.7 Å². The molecule has 2 rings (SSSR count). The number of benzene rings is 1. The third kappa shape index (κ3) is 2.48. The molecule has 0 saturated carbocycles. The second kappa shape index (κ2) is 5.66. The van der Waals surface area contributed by atoms with Crippen molar-refractivity contribution in [2.24, 2.45) is 0 Å². The number of aliphatic hydroxyl groups is 1. The molecule has 1 N–H and O–H groups in total. The number of fused-ring (bicyclic) bond motifs is 1. The molecule has 0 fully saturated rings. The summed E-state index contributed by atoms with van der Waals surface area (Å²) >= 11 is 3.31. The maximum atomic E-state index is 11.6. The highest BCUT2D eigenvalue weighted by Crippen LogP contribution is 2.48. The number of carbonyl (C=O) groups is 1. The predicted molar refractivity (Wildman–Crippen MR) is 68.4 cm³/mol. The molecule has 1 unspecified atom stereocenters. The molecular weight excluding hydrogens is 320 g/mol. The molecule has 6 nitrogen and oxygen atoms in total. The Morgan fingerprint density at radius 1 is 1.58 bits per heavy atom. The monoisotopic (exact) mass is 332 g/mol. The number of hydrogen-bond acceptors (Lipinski definition) is 6. The normalized spacial score (nSPS) is 14.1. The maximum absolute atomic E-state index is 11.6. The van der Waals surface area contributed by atoms with Crippen molar-refractivity contribution in [3.63, 3.8) is 0 Å². The molecule has 0 aliphatic carbocycles. The average Bonchev–Trinajstić information content (AvgIpc) is 2.86. The molecular formula is C12H13BrO6. The molecule has 0 amide bonds. The van der Waals surface area contributed by atoms with Crippen LogP contribution in [-0.4, -0.2) is 31.6 Å². The van der Waals surface area contributed by atoms with Gasteiger partial charge < -0.3 is 24.1 Å². The van der Waals surface area contributed by atoms with Gasteiger partial charge in [-0.25, -0.2) is 4.79 Å². The van der Waals surface area contributed by atoms with Crippen LogP contribution in [0.2, 0.25) is 0 Å². The van der Waals surface area contributed by atoms with Crippen molar-refractivity contribution in [1.29, 1.82) is 0 Å². The summed E-state index contributed by atoms with van der Waals surface area (Å²) in [7, 11) is 1.43. The van der Waals surface area contributed by atoms with Gasteiger partial charge in [-0.2, -0.15) is 0 Å². The summed E-state index contributed by atoms with van der Waals surface area (Å²) < 4.78 is 21.0. The van der Waals surface area contributed by atoms with Crippen molar-refractivity contribution in [3.8, 4) is 17.2 Å². The summed E-state index contributed by atoms with van der Waals surface area (Å²) in [5.41, 5.74) is 0.261. The Bertz CT molecular complexity index is 501. The first kappa shape index (κ1) is 14.0. The molecule has 0 radical (unpaired) electrons. The minimum absolute atomic E-state index is 0.0794. The van der Waals surface area contributed by atoms with Gasteiger partial charge in [0.1, 0.15) is 10.2 Å². The third-order valence-electron chi connectivity index (χ3n) is 2.60. The first-order valence-corrected chi connectivity index (χ1v) is 6.40. The zero-order valence-corrected chi connectivity index (χ0v) is 12.0. The lowest BCUT2D eigenvalue weighted by Gasteiger charge is -2.16. The molecule has 1 heterocycles. The fourth-order valence-corrected chi connectivity index (χ4v) is 2.46. The van der Waals surface area contributed by atoms with E-state index in [1.165, 1.54) is 13.2 Å². The lowest BCUT2D eigenvalue weighted by Crippen LogP contribution is -2.16. The molecule has 0 spiro atoms. The van der Waals surface area contributed by atoms with E-state index in [9.17, 15) is 9.90 Å². The standard InChI is InChI=1S/C12H13BrO6/c1-3-17-12(15)9(14)6-4-7-11(19-5-18-7)8(13)10(6)16-2/h4,9,14H,3,5H2,1-2H3. The smallest absolute Gasteiger partial charge is 0.339 e. The van der Waals surface area contributed by atoms with E-state index < -0.39 is 12.1 Å². The minimum Gasteiger partial charge on any atom is -0.495 e. The van der Waals surface area contributed by atoms with Crippen LogP contribution in [0.3, 0.4) is 0 Å². The molecule has 0 bridgehead atoms. The van der Waals surface area contributed by atoms with Crippen LogP contribution in [0.15, 0.2) is 10.5 Å². The lowest BCUT2D eigenvalue weighted by atomic mass is 10.1. The first-order valence-electron chi connectivity index (χ1n) is 5.60. The van der Waals surface area contributed by atoms with Gasteiger partial charge in [0.2, 0.25) is 6.79 Å². The molecule has 104 valence electrons. The van der Waals surface area contributed by atoms with Crippen molar-refractivity contribution < 1.29 is 28.8 Å². The van der Waals surface area contributed by atoms with Crippen molar-refractivity contribution in [1.82, 2.24) is 0 Å². The molecule has 19 heavy (non-hydrogen) atoms. The zero-order valence-electron chi connectivity index (χ0n) is 10.4. The number of carbonyl (C=O) groups excluding carboxylic acids is 1. The maximum Gasteiger partial charge on any atom is 0.339 e. The van der Waals surface area contributed by atoms with Gasteiger partial charge in [-0.1, -0.05) is 0 Å². The SMILES string of the molecule is CCOC(=O)C(O)c1cc2c(c(Br)c1OC)OCO2. The Hall–Kier alpha value is -1.47. The number of esters is 1. The minimum atomic E-state index is -1.44. The van der Waals surface area contributed by atoms with Gasteiger partial charge in [0, 0.05) is 5.56 Å². The zero-order chi connectivity index (χ0) is 14.0. The second-order valence-corrected chi connectivity index (χ2v) is 4.49. The lowest BCUT2D eigenvalue weighted by molar-refractivity contribution is -0.153. The number of rotatable bonds is 4. The van der Waals surface area contributed by atoms with Gasteiger partial charge in [0.15, 0.2) is 17.6 Å². The average molecular weight is 333 g/mol. The quantitative estimate of drug-likeness (QED) is 0.847. The molecule has 1 atom stereocenters. The number of halogens is 1. The van der Waals surface area contributed by atoms with E-state index >= 15 is 0 Å². The Kier molecular flexibility index (Phi) is 4.16. The van der Waals surface area contributed by atoms with Crippen LogP contribution in [0.5, 0.6) is 17.2 Å². The van der Waals surface area contributed by atoms with Gasteiger partial charge in [0.05, 0.1) is 13.7 Å². The van der Waals surface area contributed by atoms with Crippen LogP contribution in [0, 0.1) is 0 Å². The highest BCUT2D eigenvalue weighted by molar-refractivity contribution is 9.10. The van der Waals surface area contributed by atoms with Gasteiger partial charge in [0.25, 0.3) is 0 Å². The van der Waals surface area contributed by atoms with Crippen LogP contribution >= 0.6 is 15.9 Å². The van der Waals surface area contributed by atoms with E-state index in [-0.39, 0.29) is 19.0 Å². The van der Waals surface area contributed by atoms with Crippen molar-refractivity contribution >= 4 is 21.9 Å². The molecule has 0 saturated heterocycles. The molecule has 1 aromatic rings. The van der Waals surface area contributed by atoms with Gasteiger partial charge in [-0.05, 0) is 28.9 Å². The summed E-state index contributed by atoms with van der Waals surface area (Å²) in [5.74, 6) is 0.485. The molecule has 1 aliphatic heterocycles. The summed E-state index contributed by atoms with van der Waals surface area (Å²) in [6.45, 7) is 1.93. The third-order valence-corrected chi connectivity index (χ3v) is 3.32. The predicted octanol–water partition coefficient (Wildman–Crippen LogP) is 1.78. The number of hydrogen-bond donors (Lipinski definition) is 1. The Labute approximate surface area is 118 Å². The molecule has 7 heteroatoms. The fourth-order valence-electron chi connectivity index (χ4n) is 1.76. The Balaban J connectivity index is 2.45. The summed E-state index contributed by atoms with van der Waals surface area (Å²) in [6, 6.07) is 1.51. The Morgan fingerprint density at radius 3 is 2.95 bits per heavy atom. The summed E-state index contributed by atoms with van der Waals surface area (Å²) in [6.07, 6.45) is -1.44. The largest absolute Gasteiger partial charge is 0.495 e. The topological polar surface area (TPSA) is 74.2 Å². The highest BCUT2D eigenvalue weighted by Gasteiger charge is 2.30. The van der Waals surface area contributed by atoms with E-state index in [4.69, 9.17) is 18.9 Å². The van der Waals surface area contributed by atoms with E-state index in [1.807, 2.05) is 0 Å². The first-order chi connectivity index (χ1) is 9.10. The van der Waals surface area contributed by atoms with Crippen molar-refractivity contribution in [2.75, 3.05) is 20.5 Å². The van der Waals surface area contributed by atoms with E-state index in [1.54, 1.807) is 6.92 Å². The van der Waals surface area contributed by atoms with E-state index in [2.05, 4.69) is 15.9 Å². The molecule has 1 aromatic carbocycles. The number of ether oxygens (including phenoxy) is 4. The van der Waals surface area contributed by atoms with Crippen molar-refractivity contribution in [2.45, 2.75) is 13.0 Å². The van der Waals surface area contributed by atoms with E-state index in [0.717, 1.165) is 0 Å². The van der Waals surface area contributed by atoms with Crippen LogP contribution < -0.4 is 14.2 Å². The molecule has 0 aromatic heterocycles. The van der Waals surface area contributed by atoms with Crippen LogP contribution in [0.25, 0.3) is 0 Å². The van der Waals surface area contributed by atoms with Gasteiger partial charge in [-0.3, -0.25) is 0 Å². The van der Waals surface area contributed by atoms with Crippen LogP contribution in [-0.2, 0) is 9.53 Å². The van der Waals surface area contributed by atoms with Gasteiger partial charge >= 0.3 is 5.97 Å². The van der Waals surface area contributed by atoms with Crippen molar-refractivity contribution in [3.05, 3.63) is 16.1 Å². The summed E-state index contributed by atoms with van der Waals surface area (Å²) in [5, 5.41) is 10.0. The summed E-state index contributed by atoms with van der Waals surface area (Å²) in [4.78, 5) is 11.6. The second-order valence-electron chi connectivity index (χ2n) is 3.70. The van der Waals surface area contributed by atoms with Gasteiger partial charge in [-0.15, -0.1) is 0 Å². The number of aliphatic hydroxyl groups excluding tert-OH is 1.